The Morgan fingerprint density at radius 1 is 1.46 bits per heavy atom. The molecule has 1 unspecified atom stereocenters. The molecular weight excluding hydrogens is 354 g/mol. The van der Waals surface area contributed by atoms with E-state index >= 15 is 0 Å². The molecule has 6 nitrogen and oxygen atoms in total. The number of hydrogen-bond donors (Lipinski definition) is 1. The van der Waals surface area contributed by atoms with Crippen LogP contribution in [0.4, 0.5) is 6.01 Å². The number of halogens is 1. The van der Waals surface area contributed by atoms with Gasteiger partial charge in [-0.1, -0.05) is 18.5 Å². The highest BCUT2D eigenvalue weighted by molar-refractivity contribution is 6.31. The highest BCUT2D eigenvalue weighted by Gasteiger charge is 2.34. The van der Waals surface area contributed by atoms with E-state index in [2.05, 4.69) is 22.1 Å². The first-order chi connectivity index (χ1) is 12.5. The Kier molecular flexibility index (Phi) is 4.80. The molecule has 2 saturated heterocycles. The SMILES string of the molecule is CC1(CNC(=O)CC2CCCN(c3nc4ccc(Cl)cc4o3)C2)COC1. The molecular formula is C19H24ClN3O3. The third-order valence-corrected chi connectivity index (χ3v) is 5.45. The molecule has 140 valence electrons. The minimum Gasteiger partial charge on any atom is -0.423 e. The van der Waals surface area contributed by atoms with Gasteiger partial charge in [0, 0.05) is 42.6 Å². The van der Waals surface area contributed by atoms with Gasteiger partial charge in [-0.3, -0.25) is 4.79 Å². The van der Waals surface area contributed by atoms with Crippen molar-refractivity contribution in [3.05, 3.63) is 23.2 Å². The zero-order valence-corrected chi connectivity index (χ0v) is 15.7. The summed E-state index contributed by atoms with van der Waals surface area (Å²) in [6.45, 7) is 5.97. The Labute approximate surface area is 157 Å². The smallest absolute Gasteiger partial charge is 0.298 e. The summed E-state index contributed by atoms with van der Waals surface area (Å²) in [6.07, 6.45) is 2.62. The van der Waals surface area contributed by atoms with Gasteiger partial charge in [0.15, 0.2) is 5.58 Å². The van der Waals surface area contributed by atoms with Gasteiger partial charge in [0.05, 0.1) is 13.2 Å². The average Bonchev–Trinajstić information content (AvgIpc) is 3.02. The molecule has 0 bridgehead atoms. The summed E-state index contributed by atoms with van der Waals surface area (Å²) in [5, 5.41) is 3.70. The molecule has 2 aliphatic rings. The Bertz CT molecular complexity index is 802. The van der Waals surface area contributed by atoms with Gasteiger partial charge in [-0.15, -0.1) is 0 Å². The van der Waals surface area contributed by atoms with E-state index in [1.54, 1.807) is 6.07 Å². The second-order valence-electron chi connectivity index (χ2n) is 7.85. The van der Waals surface area contributed by atoms with E-state index in [1.165, 1.54) is 0 Å². The maximum absolute atomic E-state index is 12.3. The highest BCUT2D eigenvalue weighted by atomic mass is 35.5. The van der Waals surface area contributed by atoms with Crippen molar-refractivity contribution in [1.29, 1.82) is 0 Å². The van der Waals surface area contributed by atoms with Crippen molar-refractivity contribution in [2.24, 2.45) is 11.3 Å². The lowest BCUT2D eigenvalue weighted by molar-refractivity contribution is -0.127. The molecule has 2 aliphatic heterocycles. The molecule has 1 N–H and O–H groups in total. The molecule has 0 aliphatic carbocycles. The Morgan fingerprint density at radius 2 is 2.31 bits per heavy atom. The second-order valence-corrected chi connectivity index (χ2v) is 8.28. The van der Waals surface area contributed by atoms with Gasteiger partial charge >= 0.3 is 0 Å². The summed E-state index contributed by atoms with van der Waals surface area (Å²) in [5.41, 5.74) is 1.61. The van der Waals surface area contributed by atoms with Crippen molar-refractivity contribution in [2.75, 3.05) is 37.7 Å². The lowest BCUT2D eigenvalue weighted by Gasteiger charge is -2.38. The second kappa shape index (κ2) is 7.08. The minimum absolute atomic E-state index is 0.105. The maximum Gasteiger partial charge on any atom is 0.298 e. The minimum atomic E-state index is 0.105. The summed E-state index contributed by atoms with van der Waals surface area (Å²) >= 11 is 6.02. The molecule has 0 radical (unpaired) electrons. The van der Waals surface area contributed by atoms with Crippen LogP contribution in [0, 0.1) is 11.3 Å². The van der Waals surface area contributed by atoms with Crippen LogP contribution in [0.25, 0.3) is 11.1 Å². The highest BCUT2D eigenvalue weighted by Crippen LogP contribution is 2.29. The number of benzene rings is 1. The summed E-state index contributed by atoms with van der Waals surface area (Å²) in [7, 11) is 0. The number of oxazole rings is 1. The number of nitrogens with one attached hydrogen (secondary N) is 1. The van der Waals surface area contributed by atoms with Crippen LogP contribution in [0.1, 0.15) is 26.2 Å². The van der Waals surface area contributed by atoms with Crippen LogP contribution < -0.4 is 10.2 Å². The molecule has 4 rings (SSSR count). The van der Waals surface area contributed by atoms with E-state index in [4.69, 9.17) is 20.8 Å². The number of piperidine rings is 1. The van der Waals surface area contributed by atoms with Gasteiger partial charge in [0.25, 0.3) is 6.01 Å². The molecule has 1 amide bonds. The van der Waals surface area contributed by atoms with Crippen molar-refractivity contribution in [1.82, 2.24) is 10.3 Å². The Balaban J connectivity index is 1.35. The molecule has 2 aromatic rings. The molecule has 26 heavy (non-hydrogen) atoms. The average molecular weight is 378 g/mol. The van der Waals surface area contributed by atoms with Crippen molar-refractivity contribution in [3.63, 3.8) is 0 Å². The number of hydrogen-bond acceptors (Lipinski definition) is 5. The summed E-state index contributed by atoms with van der Waals surface area (Å²) < 4.78 is 11.1. The predicted molar refractivity (Wildman–Crippen MR) is 101 cm³/mol. The number of carbonyl (C=O) groups is 1. The van der Waals surface area contributed by atoms with E-state index < -0.39 is 0 Å². The number of aromatic nitrogens is 1. The van der Waals surface area contributed by atoms with Gasteiger partial charge in [0.1, 0.15) is 5.52 Å². The van der Waals surface area contributed by atoms with Gasteiger partial charge in [-0.25, -0.2) is 0 Å². The van der Waals surface area contributed by atoms with Crippen LogP contribution in [0.15, 0.2) is 22.6 Å². The third-order valence-electron chi connectivity index (χ3n) is 5.22. The molecule has 0 spiro atoms. The zero-order chi connectivity index (χ0) is 18.1. The first-order valence-electron chi connectivity index (χ1n) is 9.16. The number of rotatable bonds is 5. The fourth-order valence-corrected chi connectivity index (χ4v) is 3.79. The predicted octanol–water partition coefficient (Wildman–Crippen LogP) is 3.24. The van der Waals surface area contributed by atoms with Crippen molar-refractivity contribution in [3.8, 4) is 0 Å². The third kappa shape index (κ3) is 3.81. The summed E-state index contributed by atoms with van der Waals surface area (Å²) in [6, 6.07) is 6.08. The number of carbonyl (C=O) groups excluding carboxylic acids is 1. The van der Waals surface area contributed by atoms with Gasteiger partial charge in [-0.2, -0.15) is 4.98 Å². The van der Waals surface area contributed by atoms with Crippen LogP contribution in [0.3, 0.4) is 0 Å². The first kappa shape index (κ1) is 17.6. The number of ether oxygens (including phenoxy) is 1. The Hall–Kier alpha value is -1.79. The molecule has 2 fully saturated rings. The fourth-order valence-electron chi connectivity index (χ4n) is 3.63. The topological polar surface area (TPSA) is 67.6 Å². The van der Waals surface area contributed by atoms with Crippen LogP contribution in [-0.2, 0) is 9.53 Å². The van der Waals surface area contributed by atoms with E-state index in [-0.39, 0.29) is 11.3 Å². The lowest BCUT2D eigenvalue weighted by Crippen LogP contribution is -2.49. The summed E-state index contributed by atoms with van der Waals surface area (Å²) in [4.78, 5) is 19.0. The van der Waals surface area contributed by atoms with E-state index in [9.17, 15) is 4.79 Å². The number of fused-ring (bicyclic) bond motifs is 1. The molecule has 1 aromatic heterocycles. The lowest BCUT2D eigenvalue weighted by atomic mass is 9.88. The van der Waals surface area contributed by atoms with Crippen LogP contribution in [0.5, 0.6) is 0 Å². The quantitative estimate of drug-likeness (QED) is 0.866. The molecule has 1 aromatic carbocycles. The monoisotopic (exact) mass is 377 g/mol. The van der Waals surface area contributed by atoms with Crippen LogP contribution in [-0.4, -0.2) is 43.7 Å². The first-order valence-corrected chi connectivity index (χ1v) is 9.54. The van der Waals surface area contributed by atoms with E-state index in [1.807, 2.05) is 12.1 Å². The van der Waals surface area contributed by atoms with Crippen molar-refractivity contribution in [2.45, 2.75) is 26.2 Å². The molecule has 7 heteroatoms. The van der Waals surface area contributed by atoms with Crippen LogP contribution in [0.2, 0.25) is 5.02 Å². The van der Waals surface area contributed by atoms with Gasteiger partial charge in [0.2, 0.25) is 5.91 Å². The van der Waals surface area contributed by atoms with E-state index in [0.29, 0.717) is 35.5 Å². The van der Waals surface area contributed by atoms with Crippen molar-refractivity contribution < 1.29 is 13.9 Å². The zero-order valence-electron chi connectivity index (χ0n) is 15.0. The number of nitrogens with zero attached hydrogens (tertiary/aromatic N) is 2. The number of amides is 1. The molecule has 0 saturated carbocycles. The maximum atomic E-state index is 12.3. The Morgan fingerprint density at radius 3 is 3.08 bits per heavy atom. The van der Waals surface area contributed by atoms with Crippen molar-refractivity contribution >= 4 is 34.6 Å². The number of anilines is 1. The standard InChI is InChI=1S/C19H24ClN3O3/c1-19(11-25-12-19)10-21-17(24)7-13-3-2-6-23(9-13)18-22-15-5-4-14(20)8-16(15)26-18/h4-5,8,13H,2-3,6-7,9-12H2,1H3,(H,21,24). The summed E-state index contributed by atoms with van der Waals surface area (Å²) in [5.74, 6) is 0.433. The van der Waals surface area contributed by atoms with Gasteiger partial charge < -0.3 is 19.4 Å². The molecule has 1 atom stereocenters. The van der Waals surface area contributed by atoms with E-state index in [0.717, 1.165) is 44.7 Å². The normalized spacial score (nSPS) is 22.2. The van der Waals surface area contributed by atoms with Crippen LogP contribution >= 0.6 is 11.6 Å². The molecule has 3 heterocycles. The van der Waals surface area contributed by atoms with Gasteiger partial charge in [-0.05, 0) is 30.9 Å². The fraction of sp³-hybridized carbons (Fsp3) is 0.579. The largest absolute Gasteiger partial charge is 0.423 e.